The minimum absolute atomic E-state index is 0.277. The summed E-state index contributed by atoms with van der Waals surface area (Å²) in [6.07, 6.45) is 1.40. The number of hydrazine groups is 1. The van der Waals surface area contributed by atoms with Gasteiger partial charge in [-0.3, -0.25) is 15.0 Å². The number of hydrogen-bond acceptors (Lipinski definition) is 5. The Morgan fingerprint density at radius 1 is 1.27 bits per heavy atom. The van der Waals surface area contributed by atoms with E-state index in [1.165, 1.54) is 13.2 Å². The van der Waals surface area contributed by atoms with Crippen molar-refractivity contribution < 1.29 is 23.5 Å². The quantitative estimate of drug-likeness (QED) is 0.795. The number of urea groups is 1. The Kier molecular flexibility index (Phi) is 4.41. The third-order valence-corrected chi connectivity index (χ3v) is 4.36. The molecule has 0 saturated carbocycles. The molecule has 2 aromatic rings. The first kappa shape index (κ1) is 17.5. The highest BCUT2D eigenvalue weighted by Crippen LogP contribution is 2.28. The molecule has 1 aromatic carbocycles. The van der Waals surface area contributed by atoms with Crippen LogP contribution in [0.25, 0.3) is 0 Å². The number of nitrogens with zero attached hydrogens (tertiary/aromatic N) is 1. The minimum atomic E-state index is -1.37. The van der Waals surface area contributed by atoms with Crippen LogP contribution in [0, 0.1) is 13.8 Å². The van der Waals surface area contributed by atoms with Gasteiger partial charge in [-0.2, -0.15) is 5.01 Å². The molecule has 8 nitrogen and oxygen atoms in total. The Balaban J connectivity index is 1.65. The second kappa shape index (κ2) is 6.55. The smallest absolute Gasteiger partial charge is 0.344 e. The first-order valence-corrected chi connectivity index (χ1v) is 8.02. The summed E-state index contributed by atoms with van der Waals surface area (Å²) in [6.45, 7) is 4.99. The van der Waals surface area contributed by atoms with Gasteiger partial charge in [-0.15, -0.1) is 0 Å². The number of amides is 4. The van der Waals surface area contributed by atoms with Gasteiger partial charge in [0.2, 0.25) is 0 Å². The average molecular weight is 357 g/mol. The Morgan fingerprint density at radius 2 is 2.04 bits per heavy atom. The molecule has 0 spiro atoms. The van der Waals surface area contributed by atoms with Gasteiger partial charge in [-0.1, -0.05) is 12.1 Å². The van der Waals surface area contributed by atoms with E-state index >= 15 is 0 Å². The van der Waals surface area contributed by atoms with Crippen molar-refractivity contribution in [3.63, 3.8) is 0 Å². The number of benzene rings is 1. The largest absolute Gasteiger partial charge is 0.483 e. The number of aryl methyl sites for hydroxylation is 1. The van der Waals surface area contributed by atoms with Gasteiger partial charge >= 0.3 is 6.03 Å². The standard InChI is InChI=1S/C18H19N3O5/c1-11-6-4-7-13(12(11)2)26-10-15(22)20-21-16(23)18(3,19-17(21)24)14-8-5-9-25-14/h4-9H,10H2,1-3H3,(H,19,24)(H,20,22)/t18-/m1/s1. The van der Waals surface area contributed by atoms with Gasteiger partial charge in [-0.05, 0) is 50.1 Å². The number of ether oxygens (including phenoxy) is 1. The highest BCUT2D eigenvalue weighted by Gasteiger charge is 2.52. The Morgan fingerprint density at radius 3 is 2.73 bits per heavy atom. The van der Waals surface area contributed by atoms with Gasteiger partial charge in [0, 0.05) is 0 Å². The first-order chi connectivity index (χ1) is 12.3. The monoisotopic (exact) mass is 357 g/mol. The molecule has 1 fully saturated rings. The van der Waals surface area contributed by atoms with E-state index in [2.05, 4.69) is 10.7 Å². The molecule has 1 aliphatic rings. The lowest BCUT2D eigenvalue weighted by Gasteiger charge is -2.19. The molecular weight excluding hydrogens is 338 g/mol. The second-order valence-corrected chi connectivity index (χ2v) is 6.19. The highest BCUT2D eigenvalue weighted by molar-refractivity contribution is 6.07. The van der Waals surface area contributed by atoms with Crippen LogP contribution in [0.1, 0.15) is 23.8 Å². The van der Waals surface area contributed by atoms with E-state index in [-0.39, 0.29) is 12.4 Å². The maximum absolute atomic E-state index is 12.6. The summed E-state index contributed by atoms with van der Waals surface area (Å²) in [4.78, 5) is 36.8. The molecule has 0 bridgehead atoms. The summed E-state index contributed by atoms with van der Waals surface area (Å²) in [5, 5.41) is 3.15. The SMILES string of the molecule is Cc1cccc(OCC(=O)NN2C(=O)N[C@](C)(c3ccco3)C2=O)c1C. The Hall–Kier alpha value is -3.29. The van der Waals surface area contributed by atoms with Gasteiger partial charge in [0.15, 0.2) is 12.1 Å². The minimum Gasteiger partial charge on any atom is -0.483 e. The number of hydrogen-bond donors (Lipinski definition) is 2. The lowest BCUT2D eigenvalue weighted by molar-refractivity contribution is -0.140. The molecule has 1 saturated heterocycles. The maximum Gasteiger partial charge on any atom is 0.344 e. The molecule has 1 atom stereocenters. The van der Waals surface area contributed by atoms with Crippen LogP contribution in [0.3, 0.4) is 0 Å². The van der Waals surface area contributed by atoms with E-state index in [9.17, 15) is 14.4 Å². The third kappa shape index (κ3) is 3.01. The van der Waals surface area contributed by atoms with Crippen molar-refractivity contribution in [1.29, 1.82) is 0 Å². The number of imide groups is 1. The van der Waals surface area contributed by atoms with Gasteiger partial charge in [0.1, 0.15) is 11.5 Å². The summed E-state index contributed by atoms with van der Waals surface area (Å²) in [5.41, 5.74) is 2.84. The number of carbonyl (C=O) groups excluding carboxylic acids is 3. The molecule has 8 heteroatoms. The zero-order valence-corrected chi connectivity index (χ0v) is 14.7. The average Bonchev–Trinajstić information content (AvgIpc) is 3.21. The fourth-order valence-corrected chi connectivity index (χ4v) is 2.65. The lowest BCUT2D eigenvalue weighted by atomic mass is 10.00. The van der Waals surface area contributed by atoms with Crippen LogP contribution in [-0.2, 0) is 15.1 Å². The third-order valence-electron chi connectivity index (χ3n) is 4.36. The van der Waals surface area contributed by atoms with Crippen molar-refractivity contribution in [2.45, 2.75) is 26.3 Å². The van der Waals surface area contributed by atoms with Crippen molar-refractivity contribution in [2.24, 2.45) is 0 Å². The van der Waals surface area contributed by atoms with Crippen LogP contribution in [-0.4, -0.2) is 29.5 Å². The van der Waals surface area contributed by atoms with Crippen LogP contribution in [0.2, 0.25) is 0 Å². The zero-order chi connectivity index (χ0) is 18.9. The normalized spacial score (nSPS) is 19.4. The molecule has 136 valence electrons. The number of furan rings is 1. The summed E-state index contributed by atoms with van der Waals surface area (Å²) < 4.78 is 10.7. The first-order valence-electron chi connectivity index (χ1n) is 8.02. The molecule has 0 unspecified atom stereocenters. The van der Waals surface area contributed by atoms with E-state index in [0.29, 0.717) is 10.8 Å². The van der Waals surface area contributed by atoms with Gasteiger partial charge in [0.25, 0.3) is 11.8 Å². The maximum atomic E-state index is 12.6. The van der Waals surface area contributed by atoms with E-state index < -0.39 is 23.4 Å². The van der Waals surface area contributed by atoms with E-state index in [1.807, 2.05) is 26.0 Å². The van der Waals surface area contributed by atoms with Gasteiger partial charge < -0.3 is 14.5 Å². The fraction of sp³-hybridized carbons (Fsp3) is 0.278. The summed E-state index contributed by atoms with van der Waals surface area (Å²) in [5.74, 6) is -0.423. The predicted molar refractivity (Wildman–Crippen MR) is 91.0 cm³/mol. The van der Waals surface area contributed by atoms with Crippen molar-refractivity contribution in [3.8, 4) is 5.75 Å². The van der Waals surface area contributed by atoms with Crippen molar-refractivity contribution in [3.05, 3.63) is 53.5 Å². The molecule has 1 aliphatic heterocycles. The Bertz CT molecular complexity index is 862. The molecule has 2 heterocycles. The summed E-state index contributed by atoms with van der Waals surface area (Å²) >= 11 is 0. The predicted octanol–water partition coefficient (Wildman–Crippen LogP) is 1.77. The van der Waals surface area contributed by atoms with Crippen LogP contribution in [0.5, 0.6) is 5.75 Å². The van der Waals surface area contributed by atoms with E-state index in [0.717, 1.165) is 11.1 Å². The molecule has 1 aromatic heterocycles. The van der Waals surface area contributed by atoms with Crippen LogP contribution in [0.4, 0.5) is 4.79 Å². The van der Waals surface area contributed by atoms with Crippen LogP contribution >= 0.6 is 0 Å². The van der Waals surface area contributed by atoms with Crippen molar-refractivity contribution in [1.82, 2.24) is 15.8 Å². The molecular formula is C18H19N3O5. The lowest BCUT2D eigenvalue weighted by Crippen LogP contribution is -2.49. The topological polar surface area (TPSA) is 101 Å². The number of nitrogens with one attached hydrogen (secondary N) is 2. The van der Waals surface area contributed by atoms with Gasteiger partial charge in [-0.25, -0.2) is 4.79 Å². The Labute approximate surface area is 150 Å². The second-order valence-electron chi connectivity index (χ2n) is 6.19. The molecule has 2 N–H and O–H groups in total. The molecule has 0 radical (unpaired) electrons. The molecule has 4 amide bonds. The number of carbonyl (C=O) groups is 3. The van der Waals surface area contributed by atoms with Crippen LogP contribution < -0.4 is 15.5 Å². The fourth-order valence-electron chi connectivity index (χ4n) is 2.65. The highest BCUT2D eigenvalue weighted by atomic mass is 16.5. The zero-order valence-electron chi connectivity index (χ0n) is 14.7. The summed E-state index contributed by atoms with van der Waals surface area (Å²) in [7, 11) is 0. The molecule has 26 heavy (non-hydrogen) atoms. The van der Waals surface area contributed by atoms with E-state index in [4.69, 9.17) is 9.15 Å². The van der Waals surface area contributed by atoms with E-state index in [1.54, 1.807) is 18.2 Å². The number of rotatable bonds is 5. The molecule has 3 rings (SSSR count). The van der Waals surface area contributed by atoms with Crippen molar-refractivity contribution in [2.75, 3.05) is 6.61 Å². The van der Waals surface area contributed by atoms with Crippen molar-refractivity contribution >= 4 is 17.8 Å². The van der Waals surface area contributed by atoms with Crippen LogP contribution in [0.15, 0.2) is 41.0 Å². The van der Waals surface area contributed by atoms with Gasteiger partial charge in [0.05, 0.1) is 6.26 Å². The molecule has 0 aliphatic carbocycles. The summed E-state index contributed by atoms with van der Waals surface area (Å²) in [6, 6.07) is 7.95.